The fourth-order valence-electron chi connectivity index (χ4n) is 1.02. The van der Waals surface area contributed by atoms with Gasteiger partial charge in [-0.15, -0.1) is 0 Å². The van der Waals surface area contributed by atoms with E-state index in [1.807, 2.05) is 6.07 Å². The summed E-state index contributed by atoms with van der Waals surface area (Å²) in [6, 6.07) is 1.84. The van der Waals surface area contributed by atoms with Crippen molar-refractivity contribution < 1.29 is 0 Å². The summed E-state index contributed by atoms with van der Waals surface area (Å²) in [4.78, 5) is 8.00. The van der Waals surface area contributed by atoms with Crippen LogP contribution in [0, 0.1) is 0 Å². The Morgan fingerprint density at radius 1 is 1.25 bits per heavy atom. The second-order valence-corrected chi connectivity index (χ2v) is 3.53. The monoisotopic (exact) mass is 242 g/mol. The van der Waals surface area contributed by atoms with Crippen molar-refractivity contribution in [2.45, 2.75) is 0 Å². The number of halogens is 2. The minimum atomic E-state index is 0.510. The minimum absolute atomic E-state index is 0.510. The van der Waals surface area contributed by atoms with Crippen LogP contribution in [0.2, 0.25) is 5.15 Å². The largest absolute Gasteiger partial charge is 0.264 e. The minimum Gasteiger partial charge on any atom is -0.264 e. The lowest BCUT2D eigenvalue weighted by Crippen LogP contribution is -1.81. The van der Waals surface area contributed by atoms with Crippen LogP contribution in [0.1, 0.15) is 0 Å². The van der Waals surface area contributed by atoms with Gasteiger partial charge in [-0.2, -0.15) is 0 Å². The summed E-state index contributed by atoms with van der Waals surface area (Å²) in [5.41, 5.74) is 0. The molecule has 0 unspecified atom stereocenters. The maximum absolute atomic E-state index is 5.87. The van der Waals surface area contributed by atoms with Gasteiger partial charge in [0.05, 0.1) is 0 Å². The average molecular weight is 243 g/mol. The van der Waals surface area contributed by atoms with Gasteiger partial charge in [0, 0.05) is 33.8 Å². The number of pyridine rings is 2. The summed E-state index contributed by atoms with van der Waals surface area (Å²) >= 11 is 9.24. The molecule has 2 aromatic rings. The van der Waals surface area contributed by atoms with Crippen molar-refractivity contribution in [1.82, 2.24) is 9.97 Å². The predicted octanol–water partition coefficient (Wildman–Crippen LogP) is 3.05. The van der Waals surface area contributed by atoms with Crippen LogP contribution in [-0.2, 0) is 0 Å². The molecule has 0 spiro atoms. The molecule has 4 heteroatoms. The summed E-state index contributed by atoms with van der Waals surface area (Å²) in [5.74, 6) is 0. The molecule has 0 aliphatic rings. The highest BCUT2D eigenvalue weighted by molar-refractivity contribution is 9.10. The fourth-order valence-corrected chi connectivity index (χ4v) is 1.65. The first-order chi connectivity index (χ1) is 5.79. The SMILES string of the molecule is Clc1ncc(Br)c2cnccc12. The topological polar surface area (TPSA) is 25.8 Å². The second-order valence-electron chi connectivity index (χ2n) is 2.32. The quantitative estimate of drug-likeness (QED) is 0.665. The van der Waals surface area contributed by atoms with Crippen molar-refractivity contribution in [3.63, 3.8) is 0 Å². The molecule has 2 aromatic heterocycles. The number of nitrogens with zero attached hydrogens (tertiary/aromatic N) is 2. The lowest BCUT2D eigenvalue weighted by Gasteiger charge is -1.99. The van der Waals surface area contributed by atoms with Crippen molar-refractivity contribution >= 4 is 38.3 Å². The molecule has 2 nitrogen and oxygen atoms in total. The van der Waals surface area contributed by atoms with Gasteiger partial charge in [0.1, 0.15) is 5.15 Å². The van der Waals surface area contributed by atoms with Crippen LogP contribution in [0.3, 0.4) is 0 Å². The zero-order chi connectivity index (χ0) is 8.55. The highest BCUT2D eigenvalue weighted by Crippen LogP contribution is 2.26. The van der Waals surface area contributed by atoms with Crippen LogP contribution in [0.25, 0.3) is 10.8 Å². The third-order valence-electron chi connectivity index (χ3n) is 1.59. The molecular formula is C8H4BrClN2. The molecule has 0 bridgehead atoms. The molecule has 0 radical (unpaired) electrons. The Bertz CT molecular complexity index is 390. The molecule has 0 aromatic carbocycles. The summed E-state index contributed by atoms with van der Waals surface area (Å²) in [6.07, 6.45) is 5.13. The number of rotatable bonds is 0. The number of fused-ring (bicyclic) bond motifs is 1. The van der Waals surface area contributed by atoms with Crippen molar-refractivity contribution in [3.8, 4) is 0 Å². The van der Waals surface area contributed by atoms with Gasteiger partial charge >= 0.3 is 0 Å². The first-order valence-electron chi connectivity index (χ1n) is 3.33. The van der Waals surface area contributed by atoms with E-state index in [1.54, 1.807) is 18.6 Å². The van der Waals surface area contributed by atoms with Gasteiger partial charge in [0.25, 0.3) is 0 Å². The van der Waals surface area contributed by atoms with E-state index in [0.29, 0.717) is 5.15 Å². The average Bonchev–Trinajstić information content (AvgIpc) is 2.12. The molecule has 2 heterocycles. The van der Waals surface area contributed by atoms with E-state index in [0.717, 1.165) is 15.2 Å². The first kappa shape index (κ1) is 7.95. The second kappa shape index (κ2) is 2.99. The van der Waals surface area contributed by atoms with Crippen LogP contribution in [0.5, 0.6) is 0 Å². The number of hydrogen-bond acceptors (Lipinski definition) is 2. The van der Waals surface area contributed by atoms with Gasteiger partial charge in [-0.05, 0) is 22.0 Å². The Morgan fingerprint density at radius 3 is 2.83 bits per heavy atom. The van der Waals surface area contributed by atoms with Crippen molar-refractivity contribution in [2.75, 3.05) is 0 Å². The zero-order valence-electron chi connectivity index (χ0n) is 5.96. The normalized spacial score (nSPS) is 10.5. The van der Waals surface area contributed by atoms with Gasteiger partial charge in [-0.25, -0.2) is 4.98 Å². The molecule has 0 aliphatic carbocycles. The Labute approximate surface area is 82.7 Å². The van der Waals surface area contributed by atoms with Crippen LogP contribution in [-0.4, -0.2) is 9.97 Å². The van der Waals surface area contributed by atoms with E-state index in [4.69, 9.17) is 11.6 Å². The Hall–Kier alpha value is -0.670. The summed E-state index contributed by atoms with van der Waals surface area (Å²) < 4.78 is 0.912. The third-order valence-corrected chi connectivity index (χ3v) is 2.52. The highest BCUT2D eigenvalue weighted by atomic mass is 79.9. The van der Waals surface area contributed by atoms with E-state index in [9.17, 15) is 0 Å². The van der Waals surface area contributed by atoms with Crippen LogP contribution in [0.4, 0.5) is 0 Å². The maximum atomic E-state index is 5.87. The molecule has 0 saturated heterocycles. The lowest BCUT2D eigenvalue weighted by atomic mass is 10.2. The maximum Gasteiger partial charge on any atom is 0.137 e. The van der Waals surface area contributed by atoms with Crippen LogP contribution in [0.15, 0.2) is 29.1 Å². The molecule has 0 fully saturated rings. The molecule has 0 amide bonds. The van der Waals surface area contributed by atoms with E-state index < -0.39 is 0 Å². The predicted molar refractivity (Wildman–Crippen MR) is 52.2 cm³/mol. The highest BCUT2D eigenvalue weighted by Gasteiger charge is 2.02. The Morgan fingerprint density at radius 2 is 2.08 bits per heavy atom. The molecule has 0 saturated carbocycles. The molecule has 2 rings (SSSR count). The van der Waals surface area contributed by atoms with Crippen molar-refractivity contribution in [3.05, 3.63) is 34.3 Å². The van der Waals surface area contributed by atoms with Crippen molar-refractivity contribution in [1.29, 1.82) is 0 Å². The third kappa shape index (κ3) is 1.19. The van der Waals surface area contributed by atoms with E-state index in [1.165, 1.54) is 0 Å². The van der Waals surface area contributed by atoms with E-state index in [-0.39, 0.29) is 0 Å². The van der Waals surface area contributed by atoms with Crippen LogP contribution >= 0.6 is 27.5 Å². The first-order valence-corrected chi connectivity index (χ1v) is 4.50. The summed E-state index contributed by atoms with van der Waals surface area (Å²) in [6.45, 7) is 0. The summed E-state index contributed by atoms with van der Waals surface area (Å²) in [5, 5.41) is 2.41. The van der Waals surface area contributed by atoms with Crippen LogP contribution < -0.4 is 0 Å². The smallest absolute Gasteiger partial charge is 0.137 e. The van der Waals surface area contributed by atoms with Gasteiger partial charge in [-0.1, -0.05) is 11.6 Å². The van der Waals surface area contributed by atoms with Gasteiger partial charge in [0.15, 0.2) is 0 Å². The van der Waals surface area contributed by atoms with Gasteiger partial charge in [-0.3, -0.25) is 4.98 Å². The van der Waals surface area contributed by atoms with Gasteiger partial charge in [0.2, 0.25) is 0 Å². The molecule has 60 valence electrons. The zero-order valence-corrected chi connectivity index (χ0v) is 8.30. The standard InChI is InChI=1S/C8H4BrClN2/c9-7-4-12-8(10)5-1-2-11-3-6(5)7/h1-4H. The fraction of sp³-hybridized carbons (Fsp3) is 0. The van der Waals surface area contributed by atoms with Crippen molar-refractivity contribution in [2.24, 2.45) is 0 Å². The Balaban J connectivity index is 2.95. The van der Waals surface area contributed by atoms with E-state index >= 15 is 0 Å². The van der Waals surface area contributed by atoms with E-state index in [2.05, 4.69) is 25.9 Å². The lowest BCUT2D eigenvalue weighted by molar-refractivity contribution is 1.31. The Kier molecular flexibility index (Phi) is 1.98. The number of aromatic nitrogens is 2. The molecule has 0 N–H and O–H groups in total. The number of hydrogen-bond donors (Lipinski definition) is 0. The molecule has 12 heavy (non-hydrogen) atoms. The summed E-state index contributed by atoms with van der Waals surface area (Å²) in [7, 11) is 0. The molecule has 0 atom stereocenters. The molecular weight excluding hydrogens is 239 g/mol. The van der Waals surface area contributed by atoms with Gasteiger partial charge < -0.3 is 0 Å². The molecule has 0 aliphatic heterocycles.